The molecule has 2 aromatic heterocycles. The van der Waals surface area contributed by atoms with Crippen molar-refractivity contribution in [3.05, 3.63) is 29.3 Å². The molecule has 0 fully saturated rings. The van der Waals surface area contributed by atoms with Crippen LogP contribution in [0.15, 0.2) is 28.1 Å². The summed E-state index contributed by atoms with van der Waals surface area (Å²) < 4.78 is 15.4. The second-order valence-corrected chi connectivity index (χ2v) is 5.30. The minimum atomic E-state index is -0.145. The molecule has 0 spiro atoms. The highest BCUT2D eigenvalue weighted by molar-refractivity contribution is 7.13. The molecule has 0 aliphatic heterocycles. The van der Waals surface area contributed by atoms with E-state index in [0.29, 0.717) is 24.6 Å². The molecule has 0 saturated heterocycles. The Hall–Kier alpha value is -1.70. The number of carbonyl (C=O) groups is 1. The van der Waals surface area contributed by atoms with Gasteiger partial charge in [0.1, 0.15) is 12.3 Å². The molecule has 0 bridgehead atoms. The van der Waals surface area contributed by atoms with Crippen LogP contribution >= 0.6 is 11.3 Å². The monoisotopic (exact) mass is 310 g/mol. The van der Waals surface area contributed by atoms with Crippen molar-refractivity contribution >= 4 is 17.2 Å². The summed E-state index contributed by atoms with van der Waals surface area (Å²) in [6, 6.07) is 5.73. The summed E-state index contributed by atoms with van der Waals surface area (Å²) >= 11 is 1.58. The highest BCUT2D eigenvalue weighted by atomic mass is 32.1. The zero-order valence-electron chi connectivity index (χ0n) is 11.8. The Morgan fingerprint density at radius 2 is 2.43 bits per heavy atom. The van der Waals surface area contributed by atoms with Gasteiger partial charge >= 0.3 is 0 Å². The Morgan fingerprint density at radius 1 is 1.52 bits per heavy atom. The molecule has 0 atom stereocenters. The summed E-state index contributed by atoms with van der Waals surface area (Å²) in [5.74, 6) is 0.570. The molecule has 1 N–H and O–H groups in total. The van der Waals surface area contributed by atoms with Crippen LogP contribution in [0.4, 0.5) is 0 Å². The van der Waals surface area contributed by atoms with E-state index in [-0.39, 0.29) is 19.1 Å². The van der Waals surface area contributed by atoms with E-state index in [2.05, 4.69) is 10.5 Å². The number of amides is 1. The zero-order valence-corrected chi connectivity index (χ0v) is 12.6. The number of nitrogens with zero attached hydrogens (tertiary/aromatic N) is 1. The number of nitrogens with one attached hydrogen (secondary N) is 1. The lowest BCUT2D eigenvalue weighted by molar-refractivity contribution is -0.126. The predicted molar refractivity (Wildman–Crippen MR) is 79.0 cm³/mol. The Bertz CT molecular complexity index is 539. The van der Waals surface area contributed by atoms with Crippen LogP contribution in [0, 0.1) is 0 Å². The van der Waals surface area contributed by atoms with Crippen molar-refractivity contribution in [1.29, 1.82) is 0 Å². The highest BCUT2D eigenvalue weighted by Gasteiger charge is 2.08. The molecular weight excluding hydrogens is 292 g/mol. The molecule has 0 aromatic carbocycles. The van der Waals surface area contributed by atoms with Gasteiger partial charge in [-0.3, -0.25) is 4.79 Å². The van der Waals surface area contributed by atoms with Gasteiger partial charge in [0.2, 0.25) is 5.91 Å². The van der Waals surface area contributed by atoms with Gasteiger partial charge < -0.3 is 19.3 Å². The first-order valence-electron chi connectivity index (χ1n) is 6.62. The lowest BCUT2D eigenvalue weighted by atomic mass is 10.3. The summed E-state index contributed by atoms with van der Waals surface area (Å²) in [6.07, 6.45) is 0.787. The highest BCUT2D eigenvalue weighted by Crippen LogP contribution is 2.25. The fraction of sp³-hybridized carbons (Fsp3) is 0.429. The van der Waals surface area contributed by atoms with Gasteiger partial charge in [-0.1, -0.05) is 11.2 Å². The third kappa shape index (κ3) is 5.30. The van der Waals surface area contributed by atoms with E-state index in [1.807, 2.05) is 23.6 Å². The van der Waals surface area contributed by atoms with Crippen molar-refractivity contribution in [3.63, 3.8) is 0 Å². The fourth-order valence-corrected chi connectivity index (χ4v) is 2.33. The van der Waals surface area contributed by atoms with Crippen LogP contribution in [0.3, 0.4) is 0 Å². The molecular formula is C14H18N2O4S. The molecule has 1 amide bonds. The van der Waals surface area contributed by atoms with Crippen molar-refractivity contribution in [3.8, 4) is 10.6 Å². The smallest absolute Gasteiger partial charge is 0.246 e. The quantitative estimate of drug-likeness (QED) is 0.718. The van der Waals surface area contributed by atoms with Gasteiger partial charge in [0, 0.05) is 26.3 Å². The Morgan fingerprint density at radius 3 is 3.19 bits per heavy atom. The zero-order chi connectivity index (χ0) is 14.9. The van der Waals surface area contributed by atoms with Crippen LogP contribution < -0.4 is 5.32 Å². The van der Waals surface area contributed by atoms with Gasteiger partial charge in [-0.15, -0.1) is 11.3 Å². The predicted octanol–water partition coefficient (Wildman–Crippen LogP) is 2.07. The summed E-state index contributed by atoms with van der Waals surface area (Å²) in [6.45, 7) is 1.47. The molecule has 0 aliphatic rings. The Balaban J connectivity index is 1.66. The van der Waals surface area contributed by atoms with Gasteiger partial charge in [-0.25, -0.2) is 0 Å². The molecule has 0 unspecified atom stereocenters. The number of thiophene rings is 1. The van der Waals surface area contributed by atoms with Gasteiger partial charge in [0.25, 0.3) is 0 Å². The molecule has 2 heterocycles. The van der Waals surface area contributed by atoms with E-state index in [4.69, 9.17) is 14.0 Å². The maximum Gasteiger partial charge on any atom is 0.246 e. The van der Waals surface area contributed by atoms with Crippen LogP contribution in [0.5, 0.6) is 0 Å². The molecule has 21 heavy (non-hydrogen) atoms. The maximum atomic E-state index is 11.5. The first-order valence-corrected chi connectivity index (χ1v) is 7.50. The normalized spacial score (nSPS) is 10.7. The molecule has 114 valence electrons. The van der Waals surface area contributed by atoms with Crippen molar-refractivity contribution < 1.29 is 18.8 Å². The minimum absolute atomic E-state index is 0.00811. The largest absolute Gasteiger partial charge is 0.385 e. The number of methoxy groups -OCH3 is 1. The standard InChI is InChI=1S/C14H18N2O4S/c1-18-6-3-5-15-14(17)10-19-9-11-8-12(20-16-11)13-4-2-7-21-13/h2,4,7-8H,3,5-6,9-10H2,1H3,(H,15,17). The average Bonchev–Trinajstić information content (AvgIpc) is 3.14. The van der Waals surface area contributed by atoms with Crippen molar-refractivity contribution in [2.45, 2.75) is 13.0 Å². The summed E-state index contributed by atoms with van der Waals surface area (Å²) in [4.78, 5) is 12.5. The van der Waals surface area contributed by atoms with Crippen LogP contribution in [0.25, 0.3) is 10.6 Å². The molecule has 7 heteroatoms. The van der Waals surface area contributed by atoms with E-state index >= 15 is 0 Å². The van der Waals surface area contributed by atoms with Crippen LogP contribution in [0.1, 0.15) is 12.1 Å². The van der Waals surface area contributed by atoms with E-state index < -0.39 is 0 Å². The number of ether oxygens (including phenoxy) is 2. The topological polar surface area (TPSA) is 73.6 Å². The fourth-order valence-electron chi connectivity index (χ4n) is 1.66. The molecule has 2 aromatic rings. The SMILES string of the molecule is COCCCNC(=O)COCc1cc(-c2cccs2)on1. The molecule has 6 nitrogen and oxygen atoms in total. The second-order valence-electron chi connectivity index (χ2n) is 4.35. The Labute approximate surface area is 127 Å². The summed E-state index contributed by atoms with van der Waals surface area (Å²) in [7, 11) is 1.63. The number of rotatable bonds is 9. The third-order valence-corrected chi connectivity index (χ3v) is 3.54. The number of hydrogen-bond acceptors (Lipinski definition) is 6. The average molecular weight is 310 g/mol. The van der Waals surface area contributed by atoms with Gasteiger partial charge in [0.15, 0.2) is 5.76 Å². The van der Waals surface area contributed by atoms with E-state index in [1.165, 1.54) is 0 Å². The molecule has 0 radical (unpaired) electrons. The van der Waals surface area contributed by atoms with Gasteiger partial charge in [-0.2, -0.15) is 0 Å². The van der Waals surface area contributed by atoms with Crippen LogP contribution in [-0.4, -0.2) is 37.9 Å². The minimum Gasteiger partial charge on any atom is -0.385 e. The van der Waals surface area contributed by atoms with Gasteiger partial charge in [0.05, 0.1) is 11.5 Å². The van der Waals surface area contributed by atoms with E-state index in [9.17, 15) is 4.79 Å². The molecule has 0 aliphatic carbocycles. The number of carbonyl (C=O) groups excluding carboxylic acids is 1. The third-order valence-electron chi connectivity index (χ3n) is 2.65. The summed E-state index contributed by atoms with van der Waals surface area (Å²) in [5.41, 5.74) is 0.672. The molecule has 0 saturated carbocycles. The number of hydrogen-bond donors (Lipinski definition) is 1. The number of aromatic nitrogens is 1. The van der Waals surface area contributed by atoms with E-state index in [1.54, 1.807) is 18.4 Å². The second kappa shape index (κ2) is 8.56. The van der Waals surface area contributed by atoms with Crippen molar-refractivity contribution in [2.24, 2.45) is 0 Å². The summed E-state index contributed by atoms with van der Waals surface area (Å²) in [5, 5.41) is 8.63. The lowest BCUT2D eigenvalue weighted by Crippen LogP contribution is -2.29. The van der Waals surface area contributed by atoms with E-state index in [0.717, 1.165) is 11.3 Å². The lowest BCUT2D eigenvalue weighted by Gasteiger charge is -2.04. The van der Waals surface area contributed by atoms with Crippen LogP contribution in [0.2, 0.25) is 0 Å². The van der Waals surface area contributed by atoms with Crippen molar-refractivity contribution in [2.75, 3.05) is 26.9 Å². The molecule has 2 rings (SSSR count). The van der Waals surface area contributed by atoms with Gasteiger partial charge in [-0.05, 0) is 17.9 Å². The first kappa shape index (κ1) is 15.7. The maximum absolute atomic E-state index is 11.5. The first-order chi connectivity index (χ1) is 10.3. The Kier molecular flexibility index (Phi) is 6.39. The van der Waals surface area contributed by atoms with Crippen molar-refractivity contribution in [1.82, 2.24) is 10.5 Å². The van der Waals surface area contributed by atoms with Crippen LogP contribution in [-0.2, 0) is 20.9 Å².